The molecule has 7 heteroatoms. The number of aryl methyl sites for hydroxylation is 1. The summed E-state index contributed by atoms with van der Waals surface area (Å²) in [7, 11) is 7.18. The first-order chi connectivity index (χ1) is 12.0. The Balaban J connectivity index is 1.83. The number of hydrogen-bond donors (Lipinski definition) is 1. The molecular formula is C18H21N5O2. The Hall–Kier alpha value is -3.09. The van der Waals surface area contributed by atoms with Gasteiger partial charge >= 0.3 is 6.01 Å². The van der Waals surface area contributed by atoms with Gasteiger partial charge in [0.05, 0.1) is 19.7 Å². The van der Waals surface area contributed by atoms with Crippen LogP contribution in [0.3, 0.4) is 0 Å². The molecule has 0 bridgehead atoms. The Morgan fingerprint density at radius 1 is 1.32 bits per heavy atom. The first-order valence-electron chi connectivity index (χ1n) is 7.90. The number of hydrogen-bond acceptors (Lipinski definition) is 5. The van der Waals surface area contributed by atoms with Crippen LogP contribution < -0.4 is 15.0 Å². The number of aromatic nitrogens is 3. The molecule has 7 nitrogen and oxygen atoms in total. The fraction of sp³-hybridized carbons (Fsp3) is 0.278. The molecule has 0 aliphatic heterocycles. The molecule has 3 aromatic rings. The van der Waals surface area contributed by atoms with E-state index in [0.29, 0.717) is 11.5 Å². The van der Waals surface area contributed by atoms with Gasteiger partial charge in [0.25, 0.3) is 0 Å². The number of benzene rings is 1. The highest BCUT2D eigenvalue weighted by atomic mass is 16.5. The second-order valence-electron chi connectivity index (χ2n) is 6.00. The SMILES string of the molecule is COc1ncc(NC(=O)Cc2cn(C)c3ccccc23)c(N(C)C)n1. The second kappa shape index (κ2) is 6.80. The van der Waals surface area contributed by atoms with E-state index in [4.69, 9.17) is 4.74 Å². The highest BCUT2D eigenvalue weighted by Gasteiger charge is 2.15. The molecule has 0 fully saturated rings. The number of amides is 1. The van der Waals surface area contributed by atoms with Crippen molar-refractivity contribution in [3.8, 4) is 6.01 Å². The summed E-state index contributed by atoms with van der Waals surface area (Å²) in [5, 5.41) is 3.98. The van der Waals surface area contributed by atoms with E-state index >= 15 is 0 Å². The molecule has 1 aromatic carbocycles. The van der Waals surface area contributed by atoms with E-state index in [2.05, 4.69) is 15.3 Å². The molecule has 0 atom stereocenters. The van der Waals surface area contributed by atoms with Gasteiger partial charge in [-0.1, -0.05) is 18.2 Å². The molecule has 0 saturated heterocycles. The molecule has 1 N–H and O–H groups in total. The van der Waals surface area contributed by atoms with E-state index in [0.717, 1.165) is 16.5 Å². The van der Waals surface area contributed by atoms with E-state index in [1.165, 1.54) is 7.11 Å². The van der Waals surface area contributed by atoms with Crippen molar-refractivity contribution in [2.45, 2.75) is 6.42 Å². The number of rotatable bonds is 5. The molecule has 0 unspecified atom stereocenters. The van der Waals surface area contributed by atoms with Gasteiger partial charge in [0.1, 0.15) is 5.69 Å². The lowest BCUT2D eigenvalue weighted by molar-refractivity contribution is -0.115. The summed E-state index contributed by atoms with van der Waals surface area (Å²) in [6.07, 6.45) is 3.82. The molecule has 1 amide bonds. The maximum absolute atomic E-state index is 12.5. The van der Waals surface area contributed by atoms with Crippen molar-refractivity contribution >= 4 is 28.3 Å². The van der Waals surface area contributed by atoms with Gasteiger partial charge in [-0.25, -0.2) is 4.98 Å². The van der Waals surface area contributed by atoms with Gasteiger partial charge in [0.15, 0.2) is 5.82 Å². The topological polar surface area (TPSA) is 72.3 Å². The Morgan fingerprint density at radius 2 is 2.08 bits per heavy atom. The number of methoxy groups -OCH3 is 1. The Bertz CT molecular complexity index is 917. The molecule has 0 saturated carbocycles. The molecule has 2 heterocycles. The average Bonchev–Trinajstić information content (AvgIpc) is 2.91. The van der Waals surface area contributed by atoms with Crippen molar-refractivity contribution in [3.05, 3.63) is 42.2 Å². The summed E-state index contributed by atoms with van der Waals surface area (Å²) in [5.74, 6) is 0.478. The summed E-state index contributed by atoms with van der Waals surface area (Å²) in [6, 6.07) is 8.30. The largest absolute Gasteiger partial charge is 0.467 e. The average molecular weight is 339 g/mol. The lowest BCUT2D eigenvalue weighted by atomic mass is 10.1. The van der Waals surface area contributed by atoms with Crippen molar-refractivity contribution in [1.29, 1.82) is 0 Å². The summed E-state index contributed by atoms with van der Waals surface area (Å²) < 4.78 is 7.07. The zero-order chi connectivity index (χ0) is 18.0. The number of nitrogens with one attached hydrogen (secondary N) is 1. The third-order valence-corrected chi connectivity index (χ3v) is 3.96. The highest BCUT2D eigenvalue weighted by molar-refractivity contribution is 5.97. The van der Waals surface area contributed by atoms with Crippen molar-refractivity contribution in [2.75, 3.05) is 31.4 Å². The first-order valence-corrected chi connectivity index (χ1v) is 7.90. The molecule has 130 valence electrons. The maximum Gasteiger partial charge on any atom is 0.318 e. The van der Waals surface area contributed by atoms with Crippen molar-refractivity contribution in [3.63, 3.8) is 0 Å². The predicted molar refractivity (Wildman–Crippen MR) is 98.2 cm³/mol. The van der Waals surface area contributed by atoms with Crippen LogP contribution in [0.25, 0.3) is 10.9 Å². The summed E-state index contributed by atoms with van der Waals surface area (Å²) >= 11 is 0. The van der Waals surface area contributed by atoms with Crippen LogP contribution in [-0.2, 0) is 18.3 Å². The number of carbonyl (C=O) groups is 1. The standard InChI is InChI=1S/C18H21N5O2/c1-22(2)17-14(10-19-18(21-17)25-4)20-16(24)9-12-11-23(3)15-8-6-5-7-13(12)15/h5-8,10-11H,9H2,1-4H3,(H,20,24). The fourth-order valence-electron chi connectivity index (χ4n) is 2.82. The normalized spacial score (nSPS) is 10.7. The molecular weight excluding hydrogens is 318 g/mol. The van der Waals surface area contributed by atoms with Gasteiger partial charge < -0.3 is 19.5 Å². The van der Waals surface area contributed by atoms with Crippen LogP contribution in [-0.4, -0.2) is 41.6 Å². The van der Waals surface area contributed by atoms with Crippen molar-refractivity contribution < 1.29 is 9.53 Å². The Kier molecular flexibility index (Phi) is 4.56. The summed E-state index contributed by atoms with van der Waals surface area (Å²) in [5.41, 5.74) is 2.64. The molecule has 0 radical (unpaired) electrons. The number of nitrogens with zero attached hydrogens (tertiary/aromatic N) is 4. The first kappa shape index (κ1) is 16.8. The lowest BCUT2D eigenvalue weighted by Gasteiger charge is -2.16. The molecule has 0 aliphatic rings. The van der Waals surface area contributed by atoms with Crippen molar-refractivity contribution in [1.82, 2.24) is 14.5 Å². The van der Waals surface area contributed by atoms with Crippen LogP contribution in [0.4, 0.5) is 11.5 Å². The Labute approximate surface area is 146 Å². The van der Waals surface area contributed by atoms with E-state index < -0.39 is 0 Å². The molecule has 25 heavy (non-hydrogen) atoms. The third kappa shape index (κ3) is 3.40. The number of anilines is 2. The predicted octanol–water partition coefficient (Wildman–Crippen LogP) is 2.22. The smallest absolute Gasteiger partial charge is 0.318 e. The summed E-state index contributed by atoms with van der Waals surface area (Å²) in [4.78, 5) is 22.7. The number of fused-ring (bicyclic) bond motifs is 1. The minimum Gasteiger partial charge on any atom is -0.467 e. The molecule has 0 spiro atoms. The monoisotopic (exact) mass is 339 g/mol. The van der Waals surface area contributed by atoms with E-state index in [1.807, 2.05) is 56.2 Å². The van der Waals surface area contributed by atoms with Gasteiger partial charge in [-0.2, -0.15) is 4.98 Å². The van der Waals surface area contributed by atoms with Gasteiger partial charge in [0, 0.05) is 38.2 Å². The number of carbonyl (C=O) groups excluding carboxylic acids is 1. The lowest BCUT2D eigenvalue weighted by Crippen LogP contribution is -2.19. The third-order valence-electron chi connectivity index (χ3n) is 3.96. The second-order valence-corrected chi connectivity index (χ2v) is 6.00. The van der Waals surface area contributed by atoms with Crippen LogP contribution >= 0.6 is 0 Å². The van der Waals surface area contributed by atoms with E-state index in [-0.39, 0.29) is 18.3 Å². The Morgan fingerprint density at radius 3 is 2.80 bits per heavy atom. The van der Waals surface area contributed by atoms with Crippen LogP contribution in [0.1, 0.15) is 5.56 Å². The van der Waals surface area contributed by atoms with Crippen LogP contribution in [0.2, 0.25) is 0 Å². The zero-order valence-electron chi connectivity index (χ0n) is 14.8. The molecule has 3 rings (SSSR count). The number of para-hydroxylation sites is 1. The van der Waals surface area contributed by atoms with Crippen LogP contribution in [0.5, 0.6) is 6.01 Å². The minimum atomic E-state index is -0.117. The molecule has 2 aromatic heterocycles. The maximum atomic E-state index is 12.5. The number of ether oxygens (including phenoxy) is 1. The highest BCUT2D eigenvalue weighted by Crippen LogP contribution is 2.24. The fourth-order valence-corrected chi connectivity index (χ4v) is 2.82. The van der Waals surface area contributed by atoms with Crippen LogP contribution in [0.15, 0.2) is 36.7 Å². The van der Waals surface area contributed by atoms with Crippen molar-refractivity contribution in [2.24, 2.45) is 7.05 Å². The quantitative estimate of drug-likeness (QED) is 0.772. The summed E-state index contributed by atoms with van der Waals surface area (Å²) in [6.45, 7) is 0. The van der Waals surface area contributed by atoms with Gasteiger partial charge in [0.2, 0.25) is 5.91 Å². The van der Waals surface area contributed by atoms with E-state index in [1.54, 1.807) is 11.1 Å². The molecule has 0 aliphatic carbocycles. The minimum absolute atomic E-state index is 0.117. The zero-order valence-corrected chi connectivity index (χ0v) is 14.8. The van der Waals surface area contributed by atoms with Gasteiger partial charge in [-0.3, -0.25) is 4.79 Å². The van der Waals surface area contributed by atoms with E-state index in [9.17, 15) is 4.79 Å². The van der Waals surface area contributed by atoms with Gasteiger partial charge in [-0.15, -0.1) is 0 Å². The van der Waals surface area contributed by atoms with Crippen LogP contribution in [0, 0.1) is 0 Å². The van der Waals surface area contributed by atoms with Gasteiger partial charge in [-0.05, 0) is 11.6 Å².